The van der Waals surface area contributed by atoms with Gasteiger partial charge >= 0.3 is 0 Å². The lowest BCUT2D eigenvalue weighted by atomic mass is 10.0. The van der Waals surface area contributed by atoms with Gasteiger partial charge in [-0.25, -0.2) is 0 Å². The highest BCUT2D eigenvalue weighted by molar-refractivity contribution is 5.79. The quantitative estimate of drug-likeness (QED) is 0.118. The number of amides is 1. The van der Waals surface area contributed by atoms with E-state index in [0.29, 0.717) is 31.1 Å². The minimum absolute atomic E-state index is 0.0308. The maximum atomic E-state index is 12.2. The minimum atomic E-state index is -0.0308. The molecule has 0 aliphatic rings. The summed E-state index contributed by atoms with van der Waals surface area (Å²) in [7, 11) is 1.59. The van der Waals surface area contributed by atoms with Gasteiger partial charge in [0.1, 0.15) is 6.61 Å². The van der Waals surface area contributed by atoms with Crippen molar-refractivity contribution in [1.82, 2.24) is 5.32 Å². The first-order valence-corrected chi connectivity index (χ1v) is 15.7. The first-order chi connectivity index (χ1) is 18.7. The zero-order chi connectivity index (χ0) is 27.5. The maximum Gasteiger partial charge on any atom is 0.228 e. The molecule has 0 fully saturated rings. The van der Waals surface area contributed by atoms with E-state index in [0.717, 1.165) is 12.0 Å². The minimum Gasteiger partial charge on any atom is -0.493 e. The summed E-state index contributed by atoms with van der Waals surface area (Å²) in [5.74, 6) is 1.23. The average molecular weight is 531 g/mol. The van der Waals surface area contributed by atoms with Crippen molar-refractivity contribution in [1.29, 1.82) is 0 Å². The molecule has 0 spiro atoms. The van der Waals surface area contributed by atoms with Gasteiger partial charge in [-0.3, -0.25) is 4.79 Å². The standard InChI is InChI=1S/C33H58N2O3/c1-3-4-5-6-7-8-9-10-11-12-13-14-15-16-17-18-19-20-21-22-26-35-33(36)29-30-23-24-31(38-27-25-34)32(28-30)37-2/h22-24,26,28H,3-21,25,27,29,34H2,1-2H3,(H,35,36). The molecule has 5 nitrogen and oxygen atoms in total. The van der Waals surface area contributed by atoms with E-state index in [-0.39, 0.29) is 5.91 Å². The maximum absolute atomic E-state index is 12.2. The SMILES string of the molecule is CCCCCCCCCCCCCCCCCCCCC=CNC(=O)Cc1ccc(OCCN)c(OC)c1. The Morgan fingerprint density at radius 2 is 1.32 bits per heavy atom. The molecule has 0 heterocycles. The van der Waals surface area contributed by atoms with Crippen LogP contribution < -0.4 is 20.5 Å². The summed E-state index contributed by atoms with van der Waals surface area (Å²) in [4.78, 5) is 12.2. The van der Waals surface area contributed by atoms with Gasteiger partial charge < -0.3 is 20.5 Å². The summed E-state index contributed by atoms with van der Waals surface area (Å²) in [6.07, 6.45) is 30.3. The monoisotopic (exact) mass is 530 g/mol. The average Bonchev–Trinajstić information content (AvgIpc) is 2.93. The van der Waals surface area contributed by atoms with Crippen LogP contribution in [0, 0.1) is 0 Å². The predicted molar refractivity (Wildman–Crippen MR) is 162 cm³/mol. The van der Waals surface area contributed by atoms with Gasteiger partial charge in [-0.05, 0) is 36.7 Å². The normalized spacial score (nSPS) is 11.2. The van der Waals surface area contributed by atoms with Crippen molar-refractivity contribution in [3.8, 4) is 11.5 Å². The molecule has 0 atom stereocenters. The second-order valence-electron chi connectivity index (χ2n) is 10.6. The molecule has 0 aromatic heterocycles. The Morgan fingerprint density at radius 1 is 0.789 bits per heavy atom. The van der Waals surface area contributed by atoms with E-state index in [2.05, 4.69) is 18.3 Å². The van der Waals surface area contributed by atoms with E-state index in [1.807, 2.05) is 18.2 Å². The number of benzene rings is 1. The predicted octanol–water partition coefficient (Wildman–Crippen LogP) is 8.64. The van der Waals surface area contributed by atoms with Crippen LogP contribution in [0.1, 0.15) is 134 Å². The summed E-state index contributed by atoms with van der Waals surface area (Å²) in [6.45, 7) is 3.16. The van der Waals surface area contributed by atoms with Crippen molar-refractivity contribution in [3.63, 3.8) is 0 Å². The Hall–Kier alpha value is -2.01. The van der Waals surface area contributed by atoms with Crippen LogP contribution in [-0.2, 0) is 11.2 Å². The third-order valence-electron chi connectivity index (χ3n) is 7.05. The number of hydrogen-bond donors (Lipinski definition) is 2. The second-order valence-corrected chi connectivity index (χ2v) is 10.6. The number of allylic oxidation sites excluding steroid dienone is 1. The fourth-order valence-corrected chi connectivity index (χ4v) is 4.75. The Morgan fingerprint density at radius 3 is 1.82 bits per heavy atom. The largest absolute Gasteiger partial charge is 0.493 e. The zero-order valence-corrected chi connectivity index (χ0v) is 24.7. The van der Waals surface area contributed by atoms with E-state index >= 15 is 0 Å². The van der Waals surface area contributed by atoms with Gasteiger partial charge in [0.15, 0.2) is 11.5 Å². The molecular weight excluding hydrogens is 472 g/mol. The Labute approximate surface area is 234 Å². The third-order valence-corrected chi connectivity index (χ3v) is 7.05. The van der Waals surface area contributed by atoms with Gasteiger partial charge in [-0.2, -0.15) is 0 Å². The van der Waals surface area contributed by atoms with Crippen LogP contribution in [0.4, 0.5) is 0 Å². The summed E-state index contributed by atoms with van der Waals surface area (Å²) in [6, 6.07) is 5.55. The van der Waals surface area contributed by atoms with Crippen LogP contribution in [0.15, 0.2) is 30.5 Å². The van der Waals surface area contributed by atoms with Gasteiger partial charge in [0.25, 0.3) is 0 Å². The van der Waals surface area contributed by atoms with Crippen LogP contribution in [0.3, 0.4) is 0 Å². The highest BCUT2D eigenvalue weighted by Crippen LogP contribution is 2.28. The van der Waals surface area contributed by atoms with Crippen molar-refractivity contribution < 1.29 is 14.3 Å². The Bertz CT molecular complexity index is 720. The van der Waals surface area contributed by atoms with E-state index in [1.54, 1.807) is 13.3 Å². The highest BCUT2D eigenvalue weighted by atomic mass is 16.5. The molecule has 0 aliphatic heterocycles. The van der Waals surface area contributed by atoms with Crippen LogP contribution in [0.2, 0.25) is 0 Å². The van der Waals surface area contributed by atoms with Crippen LogP contribution in [0.5, 0.6) is 11.5 Å². The van der Waals surface area contributed by atoms with Gasteiger partial charge in [-0.1, -0.05) is 128 Å². The topological polar surface area (TPSA) is 73.6 Å². The molecule has 0 bridgehead atoms. The van der Waals surface area contributed by atoms with Crippen molar-refractivity contribution >= 4 is 5.91 Å². The lowest BCUT2D eigenvalue weighted by Gasteiger charge is -2.11. The molecular formula is C33H58N2O3. The van der Waals surface area contributed by atoms with Crippen molar-refractivity contribution in [3.05, 3.63) is 36.0 Å². The molecule has 0 unspecified atom stereocenters. The summed E-state index contributed by atoms with van der Waals surface area (Å²) in [5.41, 5.74) is 6.37. The van der Waals surface area contributed by atoms with E-state index in [1.165, 1.54) is 116 Å². The van der Waals surface area contributed by atoms with Crippen LogP contribution >= 0.6 is 0 Å². The molecule has 1 aromatic rings. The molecule has 0 saturated carbocycles. The fourth-order valence-electron chi connectivity index (χ4n) is 4.75. The van der Waals surface area contributed by atoms with Gasteiger partial charge in [-0.15, -0.1) is 0 Å². The summed E-state index contributed by atoms with van der Waals surface area (Å²) in [5, 5.41) is 2.87. The number of carbonyl (C=O) groups is 1. The number of carbonyl (C=O) groups excluding carboxylic acids is 1. The molecule has 1 aromatic carbocycles. The molecule has 0 saturated heterocycles. The number of hydrogen-bond acceptors (Lipinski definition) is 4. The molecule has 0 aliphatic carbocycles. The van der Waals surface area contributed by atoms with Crippen molar-refractivity contribution in [2.24, 2.45) is 5.73 Å². The molecule has 5 heteroatoms. The first kappa shape index (κ1) is 34.0. The number of nitrogens with two attached hydrogens (primary N) is 1. The van der Waals surface area contributed by atoms with Crippen LogP contribution in [0.25, 0.3) is 0 Å². The number of nitrogens with one attached hydrogen (secondary N) is 1. The Balaban J connectivity index is 1.91. The first-order valence-electron chi connectivity index (χ1n) is 15.7. The smallest absolute Gasteiger partial charge is 0.228 e. The molecule has 3 N–H and O–H groups in total. The summed E-state index contributed by atoms with van der Waals surface area (Å²) < 4.78 is 10.9. The van der Waals surface area contributed by atoms with Crippen molar-refractivity contribution in [2.45, 2.75) is 135 Å². The highest BCUT2D eigenvalue weighted by Gasteiger charge is 2.08. The van der Waals surface area contributed by atoms with E-state index in [4.69, 9.17) is 15.2 Å². The van der Waals surface area contributed by atoms with E-state index in [9.17, 15) is 4.79 Å². The zero-order valence-electron chi connectivity index (χ0n) is 24.7. The molecule has 1 rings (SSSR count). The molecule has 38 heavy (non-hydrogen) atoms. The number of methoxy groups -OCH3 is 1. The lowest BCUT2D eigenvalue weighted by molar-refractivity contribution is -0.119. The van der Waals surface area contributed by atoms with Gasteiger partial charge in [0, 0.05) is 6.54 Å². The van der Waals surface area contributed by atoms with Gasteiger partial charge in [0.2, 0.25) is 5.91 Å². The van der Waals surface area contributed by atoms with E-state index < -0.39 is 0 Å². The number of ether oxygens (including phenoxy) is 2. The number of rotatable bonds is 26. The molecule has 218 valence electrons. The Kier molecular flexibility index (Phi) is 22.6. The third kappa shape index (κ3) is 19.1. The second kappa shape index (κ2) is 25.3. The summed E-state index contributed by atoms with van der Waals surface area (Å²) >= 11 is 0. The van der Waals surface area contributed by atoms with Gasteiger partial charge in [0.05, 0.1) is 13.5 Å². The van der Waals surface area contributed by atoms with Crippen molar-refractivity contribution in [2.75, 3.05) is 20.3 Å². The molecule has 1 amide bonds. The van der Waals surface area contributed by atoms with Crippen LogP contribution in [-0.4, -0.2) is 26.2 Å². The fraction of sp³-hybridized carbons (Fsp3) is 0.727. The number of unbranched alkanes of at least 4 members (excludes halogenated alkanes) is 18. The lowest BCUT2D eigenvalue weighted by Crippen LogP contribution is -2.19. The molecule has 0 radical (unpaired) electrons.